The lowest BCUT2D eigenvalue weighted by Gasteiger charge is -2.41. The summed E-state index contributed by atoms with van der Waals surface area (Å²) >= 11 is 0. The van der Waals surface area contributed by atoms with Crippen LogP contribution in [-0.2, 0) is 9.59 Å². The van der Waals surface area contributed by atoms with E-state index in [2.05, 4.69) is 16.0 Å². The Hall–Kier alpha value is -2.83. The number of carbonyl (C=O) groups excluding carboxylic acids is 3. The molecule has 4 amide bonds. The summed E-state index contributed by atoms with van der Waals surface area (Å²) < 4.78 is 26.5. The zero-order valence-electron chi connectivity index (χ0n) is 14.5. The zero-order valence-corrected chi connectivity index (χ0v) is 14.5. The lowest BCUT2D eigenvalue weighted by atomic mass is 9.77. The summed E-state index contributed by atoms with van der Waals surface area (Å²) in [4.78, 5) is 34.9. The van der Waals surface area contributed by atoms with Crippen molar-refractivity contribution >= 4 is 23.5 Å². The second-order valence-electron chi connectivity index (χ2n) is 6.48. The molecule has 1 aromatic carbocycles. The van der Waals surface area contributed by atoms with Crippen LogP contribution in [0.1, 0.15) is 12.8 Å². The molecule has 2 rings (SSSR count). The van der Waals surface area contributed by atoms with Crippen molar-refractivity contribution in [2.75, 3.05) is 11.9 Å². The van der Waals surface area contributed by atoms with Gasteiger partial charge in [0.05, 0.1) is 24.4 Å². The third-order valence-corrected chi connectivity index (χ3v) is 4.25. The molecule has 10 nitrogen and oxygen atoms in total. The highest BCUT2D eigenvalue weighted by molar-refractivity contribution is 5.91. The maximum atomic E-state index is 13.6. The van der Waals surface area contributed by atoms with Gasteiger partial charge in [0.2, 0.25) is 5.91 Å². The van der Waals surface area contributed by atoms with Gasteiger partial charge in [0.1, 0.15) is 23.3 Å². The van der Waals surface area contributed by atoms with Crippen LogP contribution in [0, 0.1) is 11.6 Å². The first kappa shape index (κ1) is 21.5. The molecular weight excluding hydrogens is 382 g/mol. The number of anilines is 1. The number of benzene rings is 1. The number of urea groups is 1. The molecule has 28 heavy (non-hydrogen) atoms. The molecule has 0 heterocycles. The van der Waals surface area contributed by atoms with E-state index in [0.717, 1.165) is 12.1 Å². The Kier molecular flexibility index (Phi) is 6.48. The highest BCUT2D eigenvalue weighted by atomic mass is 19.1. The smallest absolute Gasteiger partial charge is 0.319 e. The van der Waals surface area contributed by atoms with Gasteiger partial charge in [0.15, 0.2) is 0 Å². The lowest BCUT2D eigenvalue weighted by Crippen LogP contribution is -2.63. The standard InChI is InChI=1S/C16H20F2N4O6/c17-7-1-2-9(8(18)3-7)21-15(27)22-10-4-16(28,5-11(23)13(10)25)14(26)20-6-12(19)24/h1-3,10-11,13,23,25,28H,4-6H2,(H2,19,24)(H,20,26)(H2,21,22,27)/t10-,11-,13-,16+/m1/s1. The van der Waals surface area contributed by atoms with Crippen LogP contribution < -0.4 is 21.7 Å². The van der Waals surface area contributed by atoms with Gasteiger partial charge in [0.25, 0.3) is 5.91 Å². The Labute approximate surface area is 157 Å². The third-order valence-electron chi connectivity index (χ3n) is 4.25. The number of hydrogen-bond acceptors (Lipinski definition) is 6. The molecule has 1 fully saturated rings. The molecule has 0 radical (unpaired) electrons. The number of rotatable bonds is 5. The van der Waals surface area contributed by atoms with Crippen LogP contribution in [0.3, 0.4) is 0 Å². The van der Waals surface area contributed by atoms with Gasteiger partial charge in [-0.25, -0.2) is 13.6 Å². The lowest BCUT2D eigenvalue weighted by molar-refractivity contribution is -0.157. The molecule has 154 valence electrons. The summed E-state index contributed by atoms with van der Waals surface area (Å²) in [6, 6.07) is 0.126. The monoisotopic (exact) mass is 402 g/mol. The van der Waals surface area contributed by atoms with Gasteiger partial charge < -0.3 is 37.0 Å². The van der Waals surface area contributed by atoms with E-state index < -0.39 is 72.7 Å². The van der Waals surface area contributed by atoms with Gasteiger partial charge in [-0.2, -0.15) is 0 Å². The summed E-state index contributed by atoms with van der Waals surface area (Å²) in [5.41, 5.74) is 2.36. The number of hydrogen-bond donors (Lipinski definition) is 7. The van der Waals surface area contributed by atoms with Crippen molar-refractivity contribution in [2.24, 2.45) is 5.73 Å². The van der Waals surface area contributed by atoms with Gasteiger partial charge >= 0.3 is 6.03 Å². The summed E-state index contributed by atoms with van der Waals surface area (Å²) in [5.74, 6) is -3.76. The molecular formula is C16H20F2N4O6. The first-order chi connectivity index (χ1) is 13.0. The fourth-order valence-electron chi connectivity index (χ4n) is 2.87. The molecule has 0 unspecified atom stereocenters. The van der Waals surface area contributed by atoms with E-state index in [1.165, 1.54) is 0 Å². The van der Waals surface area contributed by atoms with Crippen LogP contribution in [0.5, 0.6) is 0 Å². The third kappa shape index (κ3) is 5.12. The number of amides is 4. The first-order valence-corrected chi connectivity index (χ1v) is 8.19. The van der Waals surface area contributed by atoms with Crippen molar-refractivity contribution in [3.63, 3.8) is 0 Å². The Morgan fingerprint density at radius 3 is 2.50 bits per heavy atom. The Morgan fingerprint density at radius 2 is 1.89 bits per heavy atom. The van der Waals surface area contributed by atoms with Crippen LogP contribution in [0.25, 0.3) is 0 Å². The van der Waals surface area contributed by atoms with E-state index in [-0.39, 0.29) is 5.69 Å². The topological polar surface area (TPSA) is 174 Å². The second kappa shape index (κ2) is 8.46. The first-order valence-electron chi connectivity index (χ1n) is 8.19. The van der Waals surface area contributed by atoms with Crippen molar-refractivity contribution in [1.82, 2.24) is 10.6 Å². The predicted molar refractivity (Wildman–Crippen MR) is 90.7 cm³/mol. The van der Waals surface area contributed by atoms with Gasteiger partial charge in [0, 0.05) is 18.9 Å². The number of nitrogens with two attached hydrogens (primary N) is 1. The number of carbonyl (C=O) groups is 3. The second-order valence-corrected chi connectivity index (χ2v) is 6.48. The van der Waals surface area contributed by atoms with Crippen LogP contribution >= 0.6 is 0 Å². The normalized spacial score (nSPS) is 27.0. The van der Waals surface area contributed by atoms with Crippen LogP contribution in [0.2, 0.25) is 0 Å². The van der Waals surface area contributed by atoms with E-state index >= 15 is 0 Å². The SMILES string of the molecule is NC(=O)CNC(=O)[C@@]1(O)C[C@@H](O)[C@H](O)[C@H](NC(=O)Nc2ccc(F)cc2F)C1. The fraction of sp³-hybridized carbons (Fsp3) is 0.438. The number of halogens is 2. The summed E-state index contributed by atoms with van der Waals surface area (Å²) in [6.07, 6.45) is -4.17. The minimum absolute atomic E-state index is 0.348. The van der Waals surface area contributed by atoms with E-state index in [0.29, 0.717) is 6.07 Å². The Morgan fingerprint density at radius 1 is 1.21 bits per heavy atom. The highest BCUT2D eigenvalue weighted by Gasteiger charge is 2.49. The molecule has 1 aliphatic rings. The molecule has 1 aliphatic carbocycles. The molecule has 0 saturated heterocycles. The van der Waals surface area contributed by atoms with Crippen molar-refractivity contribution in [1.29, 1.82) is 0 Å². The average molecular weight is 402 g/mol. The summed E-state index contributed by atoms with van der Waals surface area (Å²) in [7, 11) is 0. The molecule has 12 heteroatoms. The van der Waals surface area contributed by atoms with E-state index in [4.69, 9.17) is 5.73 Å². The Balaban J connectivity index is 2.06. The quantitative estimate of drug-likeness (QED) is 0.309. The fourth-order valence-corrected chi connectivity index (χ4v) is 2.87. The highest BCUT2D eigenvalue weighted by Crippen LogP contribution is 2.29. The van der Waals surface area contributed by atoms with Gasteiger partial charge in [-0.05, 0) is 12.1 Å². The van der Waals surface area contributed by atoms with E-state index in [1.807, 2.05) is 0 Å². The molecule has 0 aromatic heterocycles. The van der Waals surface area contributed by atoms with Crippen LogP contribution in [0.4, 0.5) is 19.3 Å². The number of aliphatic hydroxyl groups is 3. The van der Waals surface area contributed by atoms with Gasteiger partial charge in [-0.1, -0.05) is 0 Å². The molecule has 4 atom stereocenters. The predicted octanol–water partition coefficient (Wildman–Crippen LogP) is -1.70. The van der Waals surface area contributed by atoms with Gasteiger partial charge in [-0.15, -0.1) is 0 Å². The molecule has 0 bridgehead atoms. The molecule has 0 aliphatic heterocycles. The maximum absolute atomic E-state index is 13.6. The molecule has 1 aromatic rings. The largest absolute Gasteiger partial charge is 0.390 e. The number of aliphatic hydroxyl groups excluding tert-OH is 2. The van der Waals surface area contributed by atoms with Crippen molar-refractivity contribution < 1.29 is 38.5 Å². The summed E-state index contributed by atoms with van der Waals surface area (Å²) in [6.45, 7) is -0.553. The summed E-state index contributed by atoms with van der Waals surface area (Å²) in [5, 5.41) is 36.8. The van der Waals surface area contributed by atoms with Gasteiger partial charge in [-0.3, -0.25) is 9.59 Å². The van der Waals surface area contributed by atoms with Crippen molar-refractivity contribution in [3.05, 3.63) is 29.8 Å². The number of nitrogens with one attached hydrogen (secondary N) is 3. The minimum atomic E-state index is -2.20. The van der Waals surface area contributed by atoms with Crippen molar-refractivity contribution in [3.8, 4) is 0 Å². The number of primary amides is 1. The van der Waals surface area contributed by atoms with Crippen LogP contribution in [0.15, 0.2) is 18.2 Å². The molecule has 8 N–H and O–H groups in total. The van der Waals surface area contributed by atoms with Crippen LogP contribution in [-0.4, -0.2) is 63.6 Å². The van der Waals surface area contributed by atoms with E-state index in [1.54, 1.807) is 0 Å². The van der Waals surface area contributed by atoms with E-state index in [9.17, 15) is 38.5 Å². The maximum Gasteiger partial charge on any atom is 0.319 e. The average Bonchev–Trinajstić information content (AvgIpc) is 2.59. The Bertz CT molecular complexity index is 780. The van der Waals surface area contributed by atoms with Crippen molar-refractivity contribution in [2.45, 2.75) is 36.7 Å². The zero-order chi connectivity index (χ0) is 21.1. The minimum Gasteiger partial charge on any atom is -0.390 e. The molecule has 0 spiro atoms. The molecule has 1 saturated carbocycles.